The number of hydrogen-bond acceptors (Lipinski definition) is 3. The Bertz CT molecular complexity index is 360. The molecule has 5 heteroatoms. The first-order chi connectivity index (χ1) is 6.15. The Kier molecular flexibility index (Phi) is 3.24. The Hall–Kier alpha value is -1.11. The van der Waals surface area contributed by atoms with Crippen molar-refractivity contribution in [2.45, 2.75) is 0 Å². The quantitative estimate of drug-likeness (QED) is 0.774. The summed E-state index contributed by atoms with van der Waals surface area (Å²) >= 11 is 11.4. The largest absolute Gasteiger partial charge is 0.477 e. The first-order valence-electron chi connectivity index (χ1n) is 3.39. The molecule has 0 aliphatic heterocycles. The van der Waals surface area contributed by atoms with Crippen LogP contribution in [-0.4, -0.2) is 6.61 Å². The van der Waals surface area contributed by atoms with Crippen LogP contribution in [0.4, 0.5) is 5.69 Å². The predicted octanol–water partition coefficient (Wildman–Crippen LogP) is 2.48. The lowest BCUT2D eigenvalue weighted by Gasteiger charge is -2.06. The van der Waals surface area contributed by atoms with E-state index in [2.05, 4.69) is 0 Å². The summed E-state index contributed by atoms with van der Waals surface area (Å²) in [5, 5.41) is 8.98. The third kappa shape index (κ3) is 2.41. The van der Waals surface area contributed by atoms with Crippen LogP contribution in [-0.2, 0) is 0 Å². The van der Waals surface area contributed by atoms with E-state index in [0.29, 0.717) is 21.5 Å². The van der Waals surface area contributed by atoms with E-state index >= 15 is 0 Å². The molecule has 0 saturated carbocycles. The highest BCUT2D eigenvalue weighted by molar-refractivity contribution is 6.42. The van der Waals surface area contributed by atoms with E-state index in [1.807, 2.05) is 6.07 Å². The highest BCUT2D eigenvalue weighted by Crippen LogP contribution is 2.32. The summed E-state index contributed by atoms with van der Waals surface area (Å²) in [7, 11) is 0. The fraction of sp³-hybridized carbons (Fsp3) is 0.125. The molecule has 13 heavy (non-hydrogen) atoms. The second kappa shape index (κ2) is 4.22. The molecule has 3 nitrogen and oxygen atoms in total. The number of hydrogen-bond donors (Lipinski definition) is 1. The molecule has 0 saturated heterocycles. The lowest BCUT2D eigenvalue weighted by molar-refractivity contribution is 0.370. The van der Waals surface area contributed by atoms with Crippen LogP contribution in [0, 0.1) is 11.3 Å². The Balaban J connectivity index is 2.96. The van der Waals surface area contributed by atoms with Gasteiger partial charge in [-0.25, -0.2) is 0 Å². The van der Waals surface area contributed by atoms with Gasteiger partial charge in [0.1, 0.15) is 11.8 Å². The Morgan fingerprint density at radius 3 is 2.62 bits per heavy atom. The zero-order valence-electron chi connectivity index (χ0n) is 6.55. The van der Waals surface area contributed by atoms with Crippen molar-refractivity contribution in [3.05, 3.63) is 22.2 Å². The van der Waals surface area contributed by atoms with Crippen LogP contribution in [0.5, 0.6) is 5.75 Å². The van der Waals surface area contributed by atoms with Crippen LogP contribution >= 0.6 is 23.2 Å². The summed E-state index contributed by atoms with van der Waals surface area (Å²) in [6, 6.07) is 4.79. The summed E-state index contributed by atoms with van der Waals surface area (Å²) in [5.74, 6) is 0.371. The SMILES string of the molecule is N#CCOc1cc(Cl)c(Cl)cc1N. The van der Waals surface area contributed by atoms with Gasteiger partial charge in [-0.2, -0.15) is 5.26 Å². The first-order valence-corrected chi connectivity index (χ1v) is 4.15. The molecule has 0 bridgehead atoms. The van der Waals surface area contributed by atoms with Crippen molar-refractivity contribution in [2.75, 3.05) is 12.3 Å². The summed E-state index contributed by atoms with van der Waals surface area (Å²) in [5.41, 5.74) is 5.92. The fourth-order valence-corrected chi connectivity index (χ4v) is 1.10. The minimum absolute atomic E-state index is 0.0673. The van der Waals surface area contributed by atoms with Crippen LogP contribution in [0.2, 0.25) is 10.0 Å². The number of nitrogens with zero attached hydrogens (tertiary/aromatic N) is 1. The standard InChI is InChI=1S/C8H6Cl2N2O/c9-5-3-7(12)8(4-6(5)10)13-2-1-11/h3-4H,2,12H2. The molecule has 0 radical (unpaired) electrons. The van der Waals surface area contributed by atoms with Crippen molar-refractivity contribution in [1.82, 2.24) is 0 Å². The molecule has 0 heterocycles. The lowest BCUT2D eigenvalue weighted by Crippen LogP contribution is -1.97. The molecule has 0 amide bonds. The molecule has 1 aromatic carbocycles. The Labute approximate surface area is 85.6 Å². The molecule has 1 aromatic rings. The highest BCUT2D eigenvalue weighted by atomic mass is 35.5. The van der Waals surface area contributed by atoms with Gasteiger partial charge in [0.15, 0.2) is 6.61 Å². The molecule has 0 aliphatic rings. The molecule has 1 rings (SSSR count). The molecule has 0 spiro atoms. The van der Waals surface area contributed by atoms with Crippen LogP contribution < -0.4 is 10.5 Å². The topological polar surface area (TPSA) is 59.0 Å². The molecule has 2 N–H and O–H groups in total. The second-order valence-electron chi connectivity index (χ2n) is 2.25. The van der Waals surface area contributed by atoms with Gasteiger partial charge in [-0.1, -0.05) is 23.2 Å². The first kappa shape index (κ1) is 9.97. The van der Waals surface area contributed by atoms with Crippen LogP contribution in [0.3, 0.4) is 0 Å². The summed E-state index contributed by atoms with van der Waals surface area (Å²) < 4.78 is 4.99. The maximum absolute atomic E-state index is 8.27. The molecule has 0 aliphatic carbocycles. The number of halogens is 2. The molecule has 0 atom stereocenters. The fourth-order valence-electron chi connectivity index (χ4n) is 0.779. The minimum atomic E-state index is -0.0673. The number of ether oxygens (including phenoxy) is 1. The number of benzene rings is 1. The second-order valence-corrected chi connectivity index (χ2v) is 3.07. The zero-order chi connectivity index (χ0) is 9.84. The van der Waals surface area contributed by atoms with Gasteiger partial charge in [0, 0.05) is 6.07 Å². The van der Waals surface area contributed by atoms with E-state index in [9.17, 15) is 0 Å². The van der Waals surface area contributed by atoms with Crippen molar-refractivity contribution in [3.8, 4) is 11.8 Å². The van der Waals surface area contributed by atoms with Crippen molar-refractivity contribution in [1.29, 1.82) is 5.26 Å². The van der Waals surface area contributed by atoms with Crippen LogP contribution in [0.1, 0.15) is 0 Å². The van der Waals surface area contributed by atoms with E-state index in [0.717, 1.165) is 0 Å². The summed E-state index contributed by atoms with van der Waals surface area (Å²) in [4.78, 5) is 0. The van der Waals surface area contributed by atoms with E-state index in [1.165, 1.54) is 12.1 Å². The molecule has 0 aromatic heterocycles. The van der Waals surface area contributed by atoms with Crippen molar-refractivity contribution >= 4 is 28.9 Å². The van der Waals surface area contributed by atoms with Gasteiger partial charge >= 0.3 is 0 Å². The van der Waals surface area contributed by atoms with Gasteiger partial charge in [0.25, 0.3) is 0 Å². The number of nitrogen functional groups attached to an aromatic ring is 1. The monoisotopic (exact) mass is 216 g/mol. The maximum Gasteiger partial charge on any atom is 0.174 e. The Morgan fingerprint density at radius 1 is 1.38 bits per heavy atom. The van der Waals surface area contributed by atoms with Gasteiger partial charge < -0.3 is 10.5 Å². The number of nitriles is 1. The normalized spacial score (nSPS) is 9.31. The van der Waals surface area contributed by atoms with Crippen molar-refractivity contribution in [2.24, 2.45) is 0 Å². The average molecular weight is 217 g/mol. The molecule has 0 unspecified atom stereocenters. The summed E-state index contributed by atoms with van der Waals surface area (Å²) in [6.45, 7) is -0.0673. The van der Waals surface area contributed by atoms with E-state index in [4.69, 9.17) is 38.9 Å². The van der Waals surface area contributed by atoms with Gasteiger partial charge in [-0.3, -0.25) is 0 Å². The lowest BCUT2D eigenvalue weighted by atomic mass is 10.3. The van der Waals surface area contributed by atoms with Gasteiger partial charge in [-0.05, 0) is 6.07 Å². The smallest absolute Gasteiger partial charge is 0.174 e. The number of anilines is 1. The van der Waals surface area contributed by atoms with Gasteiger partial charge in [0.2, 0.25) is 0 Å². The molecule has 68 valence electrons. The number of nitrogens with two attached hydrogens (primary N) is 1. The Morgan fingerprint density at radius 2 is 2.00 bits per heavy atom. The van der Waals surface area contributed by atoms with Crippen LogP contribution in [0.15, 0.2) is 12.1 Å². The molecular formula is C8H6Cl2N2O. The van der Waals surface area contributed by atoms with E-state index in [-0.39, 0.29) is 6.61 Å². The van der Waals surface area contributed by atoms with Crippen molar-refractivity contribution in [3.63, 3.8) is 0 Å². The van der Waals surface area contributed by atoms with E-state index < -0.39 is 0 Å². The number of rotatable bonds is 2. The maximum atomic E-state index is 8.27. The van der Waals surface area contributed by atoms with Crippen LogP contribution in [0.25, 0.3) is 0 Å². The minimum Gasteiger partial charge on any atom is -0.477 e. The summed E-state index contributed by atoms with van der Waals surface area (Å²) in [6.07, 6.45) is 0. The predicted molar refractivity (Wildman–Crippen MR) is 52.0 cm³/mol. The third-order valence-corrected chi connectivity index (χ3v) is 2.07. The third-order valence-electron chi connectivity index (χ3n) is 1.34. The van der Waals surface area contributed by atoms with Crippen molar-refractivity contribution < 1.29 is 4.74 Å². The molecular weight excluding hydrogens is 211 g/mol. The zero-order valence-corrected chi connectivity index (χ0v) is 8.06. The van der Waals surface area contributed by atoms with E-state index in [1.54, 1.807) is 0 Å². The highest BCUT2D eigenvalue weighted by Gasteiger charge is 2.05. The van der Waals surface area contributed by atoms with Gasteiger partial charge in [-0.15, -0.1) is 0 Å². The molecule has 0 fully saturated rings. The van der Waals surface area contributed by atoms with Gasteiger partial charge in [0.05, 0.1) is 15.7 Å². The average Bonchev–Trinajstić information content (AvgIpc) is 2.09.